The van der Waals surface area contributed by atoms with Crippen LogP contribution in [0, 0.1) is 11.3 Å². The normalized spacial score (nSPS) is 25.3. The molecule has 19 heavy (non-hydrogen) atoms. The highest BCUT2D eigenvalue weighted by Crippen LogP contribution is 2.54. The van der Waals surface area contributed by atoms with Crippen LogP contribution in [0.25, 0.3) is 0 Å². The lowest BCUT2D eigenvalue weighted by Gasteiger charge is -2.14. The molecule has 1 fully saturated rings. The predicted molar refractivity (Wildman–Crippen MR) is 77.7 cm³/mol. The van der Waals surface area contributed by atoms with Gasteiger partial charge in [0.05, 0.1) is 13.7 Å². The molecule has 1 aliphatic rings. The zero-order valence-electron chi connectivity index (χ0n) is 12.2. The van der Waals surface area contributed by atoms with Crippen LogP contribution in [0.5, 0.6) is 5.75 Å². The molecule has 0 heterocycles. The average molecular weight is 263 g/mol. The minimum Gasteiger partial charge on any atom is -0.496 e. The SMILES string of the molecule is COCCNCC1CC1(C)Cc1ccccc1OC. The Labute approximate surface area is 116 Å². The predicted octanol–water partition coefficient (Wildman–Crippen LogP) is 2.50. The molecule has 1 aromatic carbocycles. The molecule has 1 N–H and O–H groups in total. The second-order valence-corrected chi connectivity index (χ2v) is 5.74. The van der Waals surface area contributed by atoms with Crippen molar-refractivity contribution in [3.05, 3.63) is 29.8 Å². The highest BCUT2D eigenvalue weighted by molar-refractivity contribution is 5.35. The number of methoxy groups -OCH3 is 2. The van der Waals surface area contributed by atoms with E-state index < -0.39 is 0 Å². The smallest absolute Gasteiger partial charge is 0.122 e. The summed E-state index contributed by atoms with van der Waals surface area (Å²) in [6, 6.07) is 8.35. The monoisotopic (exact) mass is 263 g/mol. The summed E-state index contributed by atoms with van der Waals surface area (Å²) in [6.45, 7) is 5.20. The van der Waals surface area contributed by atoms with E-state index in [1.54, 1.807) is 14.2 Å². The van der Waals surface area contributed by atoms with Crippen molar-refractivity contribution < 1.29 is 9.47 Å². The van der Waals surface area contributed by atoms with Gasteiger partial charge in [-0.05, 0) is 42.3 Å². The fraction of sp³-hybridized carbons (Fsp3) is 0.625. The molecule has 0 amide bonds. The lowest BCUT2D eigenvalue weighted by Crippen LogP contribution is -2.23. The van der Waals surface area contributed by atoms with E-state index in [0.29, 0.717) is 5.41 Å². The molecule has 2 rings (SSSR count). The molecule has 0 radical (unpaired) electrons. The van der Waals surface area contributed by atoms with Crippen molar-refractivity contribution in [2.45, 2.75) is 19.8 Å². The second kappa shape index (κ2) is 6.40. The molecular formula is C16H25NO2. The number of hydrogen-bond donors (Lipinski definition) is 1. The number of hydrogen-bond acceptors (Lipinski definition) is 3. The molecule has 1 saturated carbocycles. The molecule has 3 nitrogen and oxygen atoms in total. The summed E-state index contributed by atoms with van der Waals surface area (Å²) in [7, 11) is 3.49. The Morgan fingerprint density at radius 3 is 2.84 bits per heavy atom. The minimum absolute atomic E-state index is 0.425. The maximum Gasteiger partial charge on any atom is 0.122 e. The van der Waals surface area contributed by atoms with Crippen molar-refractivity contribution in [1.82, 2.24) is 5.32 Å². The quantitative estimate of drug-likeness (QED) is 0.731. The van der Waals surface area contributed by atoms with Crippen molar-refractivity contribution >= 4 is 0 Å². The molecule has 3 heteroatoms. The van der Waals surface area contributed by atoms with Gasteiger partial charge in [0.25, 0.3) is 0 Å². The summed E-state index contributed by atoms with van der Waals surface area (Å²) in [5, 5.41) is 3.46. The number of benzene rings is 1. The summed E-state index contributed by atoms with van der Waals surface area (Å²) in [5.41, 5.74) is 1.75. The van der Waals surface area contributed by atoms with Gasteiger partial charge in [-0.3, -0.25) is 0 Å². The Hall–Kier alpha value is -1.06. The molecule has 106 valence electrons. The van der Waals surface area contributed by atoms with Gasteiger partial charge in [-0.1, -0.05) is 25.1 Å². The van der Waals surface area contributed by atoms with Crippen LogP contribution in [0.15, 0.2) is 24.3 Å². The number of rotatable bonds is 8. The van der Waals surface area contributed by atoms with Crippen molar-refractivity contribution in [2.75, 3.05) is 33.9 Å². The van der Waals surface area contributed by atoms with E-state index in [1.165, 1.54) is 12.0 Å². The van der Waals surface area contributed by atoms with Crippen LogP contribution in [0.3, 0.4) is 0 Å². The van der Waals surface area contributed by atoms with E-state index in [0.717, 1.165) is 37.8 Å². The summed E-state index contributed by atoms with van der Waals surface area (Å²) in [6.07, 6.45) is 2.40. The van der Waals surface area contributed by atoms with Gasteiger partial charge in [0, 0.05) is 13.7 Å². The van der Waals surface area contributed by atoms with Crippen LogP contribution in [0.4, 0.5) is 0 Å². The molecule has 0 bridgehead atoms. The maximum atomic E-state index is 5.44. The molecule has 1 aromatic rings. The van der Waals surface area contributed by atoms with Crippen LogP contribution < -0.4 is 10.1 Å². The van der Waals surface area contributed by atoms with Crippen LogP contribution in [0.2, 0.25) is 0 Å². The first-order chi connectivity index (χ1) is 9.19. The number of ether oxygens (including phenoxy) is 2. The zero-order valence-corrected chi connectivity index (χ0v) is 12.2. The van der Waals surface area contributed by atoms with Gasteiger partial charge in [0.1, 0.15) is 5.75 Å². The van der Waals surface area contributed by atoms with E-state index in [4.69, 9.17) is 9.47 Å². The first kappa shape index (κ1) is 14.4. The Morgan fingerprint density at radius 2 is 2.11 bits per heavy atom. The molecule has 2 atom stereocenters. The van der Waals surface area contributed by atoms with Crippen molar-refractivity contribution in [3.8, 4) is 5.75 Å². The highest BCUT2D eigenvalue weighted by atomic mass is 16.5. The van der Waals surface area contributed by atoms with Crippen LogP contribution in [-0.2, 0) is 11.2 Å². The van der Waals surface area contributed by atoms with E-state index in [2.05, 4.69) is 24.4 Å². The Bertz CT molecular complexity index is 407. The average Bonchev–Trinajstić information content (AvgIpc) is 3.05. The van der Waals surface area contributed by atoms with Gasteiger partial charge in [-0.25, -0.2) is 0 Å². The summed E-state index contributed by atoms with van der Waals surface area (Å²) >= 11 is 0. The van der Waals surface area contributed by atoms with Gasteiger partial charge < -0.3 is 14.8 Å². The molecule has 0 saturated heterocycles. The van der Waals surface area contributed by atoms with E-state index in [-0.39, 0.29) is 0 Å². The van der Waals surface area contributed by atoms with Gasteiger partial charge in [-0.15, -0.1) is 0 Å². The van der Waals surface area contributed by atoms with Crippen LogP contribution in [-0.4, -0.2) is 33.9 Å². The topological polar surface area (TPSA) is 30.5 Å². The molecule has 0 aliphatic heterocycles. The van der Waals surface area contributed by atoms with E-state index in [9.17, 15) is 0 Å². The van der Waals surface area contributed by atoms with Crippen molar-refractivity contribution in [1.29, 1.82) is 0 Å². The van der Waals surface area contributed by atoms with E-state index in [1.807, 2.05) is 12.1 Å². The van der Waals surface area contributed by atoms with Gasteiger partial charge in [-0.2, -0.15) is 0 Å². The van der Waals surface area contributed by atoms with E-state index >= 15 is 0 Å². The number of nitrogens with one attached hydrogen (secondary N) is 1. The standard InChI is InChI=1S/C16H25NO2/c1-16(11-14(16)12-17-8-9-18-2)10-13-6-4-5-7-15(13)19-3/h4-7,14,17H,8-12H2,1-3H3. The third-order valence-corrected chi connectivity index (χ3v) is 4.20. The van der Waals surface area contributed by atoms with Gasteiger partial charge in [0.15, 0.2) is 0 Å². The Balaban J connectivity index is 1.83. The third kappa shape index (κ3) is 3.71. The molecule has 1 aliphatic carbocycles. The lowest BCUT2D eigenvalue weighted by atomic mass is 9.95. The summed E-state index contributed by atoms with van der Waals surface area (Å²) < 4.78 is 10.5. The van der Waals surface area contributed by atoms with Crippen molar-refractivity contribution in [2.24, 2.45) is 11.3 Å². The zero-order chi connectivity index (χ0) is 13.7. The van der Waals surface area contributed by atoms with Crippen LogP contribution >= 0.6 is 0 Å². The summed E-state index contributed by atoms with van der Waals surface area (Å²) in [4.78, 5) is 0. The third-order valence-electron chi connectivity index (χ3n) is 4.20. The Morgan fingerprint density at radius 1 is 1.32 bits per heavy atom. The fourth-order valence-electron chi connectivity index (χ4n) is 2.77. The first-order valence-corrected chi connectivity index (χ1v) is 7.01. The maximum absolute atomic E-state index is 5.44. The fourth-order valence-corrected chi connectivity index (χ4v) is 2.77. The summed E-state index contributed by atoms with van der Waals surface area (Å²) in [5.74, 6) is 1.79. The highest BCUT2D eigenvalue weighted by Gasteiger charge is 2.49. The molecule has 0 spiro atoms. The van der Waals surface area contributed by atoms with Gasteiger partial charge >= 0.3 is 0 Å². The first-order valence-electron chi connectivity index (χ1n) is 7.01. The molecular weight excluding hydrogens is 238 g/mol. The number of para-hydroxylation sites is 1. The molecule has 0 aromatic heterocycles. The second-order valence-electron chi connectivity index (χ2n) is 5.74. The van der Waals surface area contributed by atoms with Crippen LogP contribution in [0.1, 0.15) is 18.9 Å². The van der Waals surface area contributed by atoms with Gasteiger partial charge in [0.2, 0.25) is 0 Å². The Kier molecular flexibility index (Phi) is 4.83. The van der Waals surface area contributed by atoms with Crippen molar-refractivity contribution in [3.63, 3.8) is 0 Å². The molecule has 2 unspecified atom stereocenters. The minimum atomic E-state index is 0.425. The lowest BCUT2D eigenvalue weighted by molar-refractivity contribution is 0.198. The largest absolute Gasteiger partial charge is 0.496 e.